The molecule has 3 N–H and O–H groups in total. The SMILES string of the molecule is Nc1cc(Cl)nc(Nc2ccc(Br)cc2)c1[N+](=O)[O-]. The van der Waals surface area contributed by atoms with Gasteiger partial charge in [-0.3, -0.25) is 10.1 Å². The third-order valence-corrected chi connectivity index (χ3v) is 3.00. The second-order valence-electron chi connectivity index (χ2n) is 3.62. The van der Waals surface area contributed by atoms with Crippen LogP contribution in [0.25, 0.3) is 0 Å². The van der Waals surface area contributed by atoms with Crippen LogP contribution in [0.5, 0.6) is 0 Å². The Hall–Kier alpha value is -1.86. The van der Waals surface area contributed by atoms with E-state index in [1.54, 1.807) is 24.3 Å². The van der Waals surface area contributed by atoms with E-state index in [1.165, 1.54) is 6.07 Å². The monoisotopic (exact) mass is 342 g/mol. The average Bonchev–Trinajstić information content (AvgIpc) is 2.30. The smallest absolute Gasteiger partial charge is 0.334 e. The molecule has 0 atom stereocenters. The lowest BCUT2D eigenvalue weighted by atomic mass is 10.3. The van der Waals surface area contributed by atoms with Gasteiger partial charge in [-0.25, -0.2) is 4.98 Å². The van der Waals surface area contributed by atoms with Crippen LogP contribution in [0.1, 0.15) is 0 Å². The highest BCUT2D eigenvalue weighted by Crippen LogP contribution is 2.33. The summed E-state index contributed by atoms with van der Waals surface area (Å²) in [6.07, 6.45) is 0. The quantitative estimate of drug-likeness (QED) is 0.503. The van der Waals surface area contributed by atoms with Gasteiger partial charge in [0, 0.05) is 16.2 Å². The molecule has 0 saturated heterocycles. The van der Waals surface area contributed by atoms with E-state index in [-0.39, 0.29) is 22.3 Å². The second-order valence-corrected chi connectivity index (χ2v) is 4.92. The van der Waals surface area contributed by atoms with Crippen molar-refractivity contribution in [3.8, 4) is 0 Å². The molecule has 0 aliphatic heterocycles. The number of anilines is 3. The first-order chi connectivity index (χ1) is 8.97. The molecule has 1 aromatic heterocycles. The lowest BCUT2D eigenvalue weighted by Crippen LogP contribution is -2.03. The molecule has 0 bridgehead atoms. The Bertz CT molecular complexity index is 633. The van der Waals surface area contributed by atoms with E-state index in [2.05, 4.69) is 26.2 Å². The summed E-state index contributed by atoms with van der Waals surface area (Å²) in [6.45, 7) is 0. The van der Waals surface area contributed by atoms with Crippen molar-refractivity contribution in [2.75, 3.05) is 11.1 Å². The van der Waals surface area contributed by atoms with E-state index in [0.29, 0.717) is 5.69 Å². The van der Waals surface area contributed by atoms with Crippen LogP contribution in [0.3, 0.4) is 0 Å². The number of nitrogens with two attached hydrogens (primary N) is 1. The first-order valence-corrected chi connectivity index (χ1v) is 6.27. The van der Waals surface area contributed by atoms with E-state index in [0.717, 1.165) is 4.47 Å². The largest absolute Gasteiger partial charge is 0.393 e. The summed E-state index contributed by atoms with van der Waals surface area (Å²) < 4.78 is 0.895. The van der Waals surface area contributed by atoms with Crippen molar-refractivity contribution < 1.29 is 4.92 Å². The van der Waals surface area contributed by atoms with Gasteiger partial charge in [0.05, 0.1) is 4.92 Å². The van der Waals surface area contributed by atoms with Gasteiger partial charge >= 0.3 is 5.69 Å². The summed E-state index contributed by atoms with van der Waals surface area (Å²) in [5.74, 6) is 0.0114. The van der Waals surface area contributed by atoms with Gasteiger partial charge in [0.25, 0.3) is 0 Å². The number of halogens is 2. The molecule has 1 heterocycles. The lowest BCUT2D eigenvalue weighted by Gasteiger charge is -2.08. The predicted octanol–water partition coefficient (Wildman–Crippen LogP) is 3.73. The van der Waals surface area contributed by atoms with Crippen LogP contribution in [0.4, 0.5) is 22.9 Å². The van der Waals surface area contributed by atoms with Crippen molar-refractivity contribution in [2.45, 2.75) is 0 Å². The van der Waals surface area contributed by atoms with Crippen molar-refractivity contribution in [3.63, 3.8) is 0 Å². The Labute approximate surface area is 121 Å². The number of pyridine rings is 1. The molecule has 98 valence electrons. The van der Waals surface area contributed by atoms with Crippen LogP contribution in [0.15, 0.2) is 34.8 Å². The molecule has 2 rings (SSSR count). The number of nitrogen functional groups attached to an aromatic ring is 1. The first kappa shape index (κ1) is 13.6. The van der Waals surface area contributed by atoms with Crippen molar-refractivity contribution >= 4 is 50.4 Å². The Morgan fingerprint density at radius 3 is 2.58 bits per heavy atom. The lowest BCUT2D eigenvalue weighted by molar-refractivity contribution is -0.383. The molecule has 0 saturated carbocycles. The molecule has 0 amide bonds. The van der Waals surface area contributed by atoms with Crippen molar-refractivity contribution in [2.24, 2.45) is 0 Å². The molecule has 0 spiro atoms. The number of nitrogens with zero attached hydrogens (tertiary/aromatic N) is 2. The normalized spacial score (nSPS) is 10.2. The molecular formula is C11H8BrClN4O2. The Morgan fingerprint density at radius 2 is 2.00 bits per heavy atom. The summed E-state index contributed by atoms with van der Waals surface area (Å²) in [5, 5.41) is 13.9. The maximum atomic E-state index is 11.0. The van der Waals surface area contributed by atoms with Crippen molar-refractivity contribution in [1.82, 2.24) is 4.98 Å². The van der Waals surface area contributed by atoms with Crippen LogP contribution >= 0.6 is 27.5 Å². The second kappa shape index (κ2) is 5.41. The fraction of sp³-hybridized carbons (Fsp3) is 0. The fourth-order valence-electron chi connectivity index (χ4n) is 1.47. The van der Waals surface area contributed by atoms with E-state index < -0.39 is 4.92 Å². The molecule has 0 fully saturated rings. The van der Waals surface area contributed by atoms with Crippen molar-refractivity contribution in [1.29, 1.82) is 0 Å². The molecule has 0 radical (unpaired) electrons. The van der Waals surface area contributed by atoms with Gasteiger partial charge in [0.2, 0.25) is 5.82 Å². The molecule has 0 unspecified atom stereocenters. The standard InChI is InChI=1S/C11H8BrClN4O2/c12-6-1-3-7(4-2-6)15-11-10(17(18)19)8(14)5-9(13)16-11/h1-5H,(H3,14,15,16). The Morgan fingerprint density at radius 1 is 1.37 bits per heavy atom. The predicted molar refractivity (Wildman–Crippen MR) is 77.7 cm³/mol. The number of aromatic nitrogens is 1. The van der Waals surface area contributed by atoms with Crippen LogP contribution in [-0.4, -0.2) is 9.91 Å². The number of benzene rings is 1. The average molecular weight is 344 g/mol. The van der Waals surface area contributed by atoms with Gasteiger partial charge in [-0.05, 0) is 24.3 Å². The Kier molecular flexibility index (Phi) is 3.87. The van der Waals surface area contributed by atoms with E-state index >= 15 is 0 Å². The van der Waals surface area contributed by atoms with Gasteiger partial charge in [0.1, 0.15) is 10.8 Å². The van der Waals surface area contributed by atoms with Crippen LogP contribution < -0.4 is 11.1 Å². The van der Waals surface area contributed by atoms with Crippen molar-refractivity contribution in [3.05, 3.63) is 50.1 Å². The highest BCUT2D eigenvalue weighted by Gasteiger charge is 2.21. The number of nitro groups is 1. The summed E-state index contributed by atoms with van der Waals surface area (Å²) in [7, 11) is 0. The fourth-order valence-corrected chi connectivity index (χ4v) is 1.94. The van der Waals surface area contributed by atoms with E-state index in [4.69, 9.17) is 17.3 Å². The van der Waals surface area contributed by atoms with Gasteiger partial charge in [0.15, 0.2) is 0 Å². The van der Waals surface area contributed by atoms with E-state index in [9.17, 15) is 10.1 Å². The van der Waals surface area contributed by atoms with E-state index in [1.807, 2.05) is 0 Å². The minimum absolute atomic E-state index is 0.0114. The number of rotatable bonds is 3. The minimum Gasteiger partial charge on any atom is -0.393 e. The van der Waals surface area contributed by atoms with Crippen LogP contribution in [-0.2, 0) is 0 Å². The zero-order valence-electron chi connectivity index (χ0n) is 9.43. The summed E-state index contributed by atoms with van der Waals surface area (Å²) in [6, 6.07) is 8.32. The van der Waals surface area contributed by atoms with Gasteiger partial charge < -0.3 is 11.1 Å². The molecule has 19 heavy (non-hydrogen) atoms. The number of nitrogens with one attached hydrogen (secondary N) is 1. The number of hydrogen-bond acceptors (Lipinski definition) is 5. The summed E-state index contributed by atoms with van der Waals surface area (Å²) >= 11 is 9.06. The Balaban J connectivity index is 2.44. The third kappa shape index (κ3) is 3.12. The third-order valence-electron chi connectivity index (χ3n) is 2.28. The molecule has 8 heteroatoms. The van der Waals surface area contributed by atoms with Gasteiger partial charge in [-0.2, -0.15) is 0 Å². The number of hydrogen-bond donors (Lipinski definition) is 2. The molecule has 2 aromatic rings. The zero-order valence-corrected chi connectivity index (χ0v) is 11.8. The molecule has 0 aliphatic carbocycles. The molecular weight excluding hydrogens is 336 g/mol. The highest BCUT2D eigenvalue weighted by molar-refractivity contribution is 9.10. The summed E-state index contributed by atoms with van der Waals surface area (Å²) in [4.78, 5) is 14.3. The maximum absolute atomic E-state index is 11.0. The molecule has 0 aliphatic rings. The molecule has 1 aromatic carbocycles. The van der Waals surface area contributed by atoms with Crippen LogP contribution in [0.2, 0.25) is 5.15 Å². The van der Waals surface area contributed by atoms with Crippen LogP contribution in [0, 0.1) is 10.1 Å². The minimum atomic E-state index is -0.597. The topological polar surface area (TPSA) is 94.1 Å². The molecule has 6 nitrogen and oxygen atoms in total. The summed E-state index contributed by atoms with van der Waals surface area (Å²) in [5.41, 5.74) is 5.89. The zero-order chi connectivity index (χ0) is 14.0. The van der Waals surface area contributed by atoms with Gasteiger partial charge in [-0.15, -0.1) is 0 Å². The first-order valence-electron chi connectivity index (χ1n) is 5.10. The highest BCUT2D eigenvalue weighted by atomic mass is 79.9. The maximum Gasteiger partial charge on any atom is 0.334 e. The van der Waals surface area contributed by atoms with Gasteiger partial charge in [-0.1, -0.05) is 27.5 Å².